The Morgan fingerprint density at radius 1 is 1.32 bits per heavy atom. The molecule has 98 valence electrons. The number of hydrogen-bond donors (Lipinski definition) is 1. The van der Waals surface area contributed by atoms with Crippen molar-refractivity contribution in [2.45, 2.75) is 13.0 Å². The first-order chi connectivity index (χ1) is 9.06. The van der Waals surface area contributed by atoms with E-state index in [1.807, 2.05) is 6.92 Å². The van der Waals surface area contributed by atoms with Crippen molar-refractivity contribution in [2.24, 2.45) is 0 Å². The van der Waals surface area contributed by atoms with Crippen molar-refractivity contribution in [1.82, 2.24) is 10.3 Å². The van der Waals surface area contributed by atoms with E-state index >= 15 is 0 Å². The molecule has 0 aliphatic carbocycles. The van der Waals surface area contributed by atoms with Gasteiger partial charge in [-0.15, -0.1) is 0 Å². The van der Waals surface area contributed by atoms with E-state index in [2.05, 4.69) is 10.3 Å². The largest absolute Gasteiger partial charge is 0.346 e. The predicted octanol–water partition coefficient (Wildman–Crippen LogP) is 3.37. The molecule has 19 heavy (non-hydrogen) atoms. The number of nitrogens with zero attached hydrogens (tertiary/aromatic N) is 1. The van der Waals surface area contributed by atoms with Crippen molar-refractivity contribution in [1.29, 1.82) is 0 Å². The lowest BCUT2D eigenvalue weighted by atomic mass is 10.1. The van der Waals surface area contributed by atoms with Gasteiger partial charge in [0.2, 0.25) is 0 Å². The first-order valence-corrected chi connectivity index (χ1v) is 6.12. The van der Waals surface area contributed by atoms with Crippen LogP contribution in [0.3, 0.4) is 0 Å². The molecular weight excluding hydrogens is 267 g/mol. The van der Waals surface area contributed by atoms with E-state index in [1.165, 1.54) is 24.4 Å². The predicted molar refractivity (Wildman–Crippen MR) is 71.5 cm³/mol. The van der Waals surface area contributed by atoms with Crippen molar-refractivity contribution in [3.05, 3.63) is 64.7 Å². The Labute approximate surface area is 115 Å². The molecule has 2 rings (SSSR count). The molecule has 5 heteroatoms. The summed E-state index contributed by atoms with van der Waals surface area (Å²) in [5.41, 5.74) is 1.27. The van der Waals surface area contributed by atoms with Gasteiger partial charge in [-0.05, 0) is 36.8 Å². The normalized spacial score (nSPS) is 11.9. The third-order valence-corrected chi connectivity index (χ3v) is 2.91. The number of rotatable bonds is 3. The van der Waals surface area contributed by atoms with Crippen LogP contribution in [0.1, 0.15) is 28.9 Å². The number of benzene rings is 1. The number of pyridine rings is 1. The molecule has 1 N–H and O–H groups in total. The van der Waals surface area contributed by atoms with E-state index in [0.29, 0.717) is 5.56 Å². The van der Waals surface area contributed by atoms with Crippen LogP contribution in [0, 0.1) is 5.82 Å². The lowest BCUT2D eigenvalue weighted by Gasteiger charge is -2.14. The minimum absolute atomic E-state index is 0.222. The van der Waals surface area contributed by atoms with Crippen molar-refractivity contribution in [3.8, 4) is 0 Å². The number of carbonyl (C=O) groups excluding carboxylic acids is 1. The average Bonchev–Trinajstić information content (AvgIpc) is 2.39. The zero-order valence-electron chi connectivity index (χ0n) is 10.2. The summed E-state index contributed by atoms with van der Waals surface area (Å²) < 4.78 is 12.8. The Hall–Kier alpha value is -1.94. The SMILES string of the molecule is CC(NC(=O)c1ccnc(Cl)c1)c1ccc(F)cc1. The van der Waals surface area contributed by atoms with Crippen LogP contribution < -0.4 is 5.32 Å². The van der Waals surface area contributed by atoms with Gasteiger partial charge in [0.15, 0.2) is 0 Å². The zero-order valence-corrected chi connectivity index (χ0v) is 11.0. The first kappa shape index (κ1) is 13.5. The molecule has 0 spiro atoms. The van der Waals surface area contributed by atoms with Gasteiger partial charge in [0.1, 0.15) is 11.0 Å². The van der Waals surface area contributed by atoms with Crippen molar-refractivity contribution < 1.29 is 9.18 Å². The van der Waals surface area contributed by atoms with Gasteiger partial charge in [-0.3, -0.25) is 4.79 Å². The monoisotopic (exact) mass is 278 g/mol. The number of amides is 1. The molecule has 0 saturated heterocycles. The summed E-state index contributed by atoms with van der Waals surface area (Å²) in [5, 5.41) is 3.08. The van der Waals surface area contributed by atoms with Gasteiger partial charge in [0.25, 0.3) is 5.91 Å². The molecule has 1 aromatic carbocycles. The third kappa shape index (κ3) is 3.51. The Morgan fingerprint density at radius 2 is 2.00 bits per heavy atom. The fourth-order valence-electron chi connectivity index (χ4n) is 1.66. The van der Waals surface area contributed by atoms with Gasteiger partial charge < -0.3 is 5.32 Å². The molecule has 0 aliphatic heterocycles. The van der Waals surface area contributed by atoms with Gasteiger partial charge in [0, 0.05) is 11.8 Å². The Balaban J connectivity index is 2.08. The highest BCUT2D eigenvalue weighted by molar-refractivity contribution is 6.29. The molecule has 3 nitrogen and oxygen atoms in total. The van der Waals surface area contributed by atoms with Crippen molar-refractivity contribution in [2.75, 3.05) is 0 Å². The lowest BCUT2D eigenvalue weighted by Crippen LogP contribution is -2.26. The zero-order chi connectivity index (χ0) is 13.8. The molecule has 1 unspecified atom stereocenters. The number of halogens is 2. The van der Waals surface area contributed by atoms with Crippen LogP contribution in [0.15, 0.2) is 42.6 Å². The topological polar surface area (TPSA) is 42.0 Å². The van der Waals surface area contributed by atoms with Gasteiger partial charge in [-0.1, -0.05) is 23.7 Å². The van der Waals surface area contributed by atoms with Crippen LogP contribution in [0.25, 0.3) is 0 Å². The number of hydrogen-bond acceptors (Lipinski definition) is 2. The van der Waals surface area contributed by atoms with Gasteiger partial charge in [0.05, 0.1) is 6.04 Å². The molecule has 0 bridgehead atoms. The van der Waals surface area contributed by atoms with E-state index < -0.39 is 0 Å². The molecule has 1 amide bonds. The summed E-state index contributed by atoms with van der Waals surface area (Å²) in [6.45, 7) is 1.83. The van der Waals surface area contributed by atoms with Crippen LogP contribution in [0.4, 0.5) is 4.39 Å². The highest BCUT2D eigenvalue weighted by atomic mass is 35.5. The molecule has 1 atom stereocenters. The van der Waals surface area contributed by atoms with Crippen molar-refractivity contribution in [3.63, 3.8) is 0 Å². The molecule has 1 heterocycles. The Bertz CT molecular complexity index is 586. The maximum absolute atomic E-state index is 12.8. The third-order valence-electron chi connectivity index (χ3n) is 2.71. The van der Waals surface area contributed by atoms with E-state index in [1.54, 1.807) is 18.2 Å². The van der Waals surface area contributed by atoms with Gasteiger partial charge in [-0.2, -0.15) is 0 Å². The van der Waals surface area contributed by atoms with Crippen LogP contribution in [-0.2, 0) is 0 Å². The second-order valence-electron chi connectivity index (χ2n) is 4.11. The molecule has 0 fully saturated rings. The molecule has 0 radical (unpaired) electrons. The Morgan fingerprint density at radius 3 is 2.63 bits per heavy atom. The van der Waals surface area contributed by atoms with Gasteiger partial charge in [-0.25, -0.2) is 9.37 Å². The number of aromatic nitrogens is 1. The van der Waals surface area contributed by atoms with E-state index in [4.69, 9.17) is 11.6 Å². The number of nitrogens with one attached hydrogen (secondary N) is 1. The standard InChI is InChI=1S/C14H12ClFN2O/c1-9(10-2-4-12(16)5-3-10)18-14(19)11-6-7-17-13(15)8-11/h2-9H,1H3,(H,18,19). The fraction of sp³-hybridized carbons (Fsp3) is 0.143. The molecule has 0 saturated carbocycles. The second-order valence-corrected chi connectivity index (χ2v) is 4.50. The minimum Gasteiger partial charge on any atom is -0.346 e. The average molecular weight is 279 g/mol. The highest BCUT2D eigenvalue weighted by Gasteiger charge is 2.11. The Kier molecular flexibility index (Phi) is 4.12. The van der Waals surface area contributed by atoms with E-state index in [-0.39, 0.29) is 22.9 Å². The maximum atomic E-state index is 12.8. The van der Waals surface area contributed by atoms with Crippen LogP contribution in [-0.4, -0.2) is 10.9 Å². The molecule has 2 aromatic rings. The van der Waals surface area contributed by atoms with Crippen molar-refractivity contribution >= 4 is 17.5 Å². The molecule has 0 aliphatic rings. The maximum Gasteiger partial charge on any atom is 0.251 e. The quantitative estimate of drug-likeness (QED) is 0.875. The van der Waals surface area contributed by atoms with Crippen LogP contribution in [0.5, 0.6) is 0 Å². The summed E-state index contributed by atoms with van der Waals surface area (Å²) in [6.07, 6.45) is 1.47. The summed E-state index contributed by atoms with van der Waals surface area (Å²) in [4.78, 5) is 15.8. The molecule has 1 aromatic heterocycles. The summed E-state index contributed by atoms with van der Waals surface area (Å²) >= 11 is 5.73. The van der Waals surface area contributed by atoms with Crippen LogP contribution >= 0.6 is 11.6 Å². The summed E-state index contributed by atoms with van der Waals surface area (Å²) in [7, 11) is 0. The highest BCUT2D eigenvalue weighted by Crippen LogP contribution is 2.14. The first-order valence-electron chi connectivity index (χ1n) is 5.74. The molecular formula is C14H12ClFN2O. The van der Waals surface area contributed by atoms with E-state index in [9.17, 15) is 9.18 Å². The van der Waals surface area contributed by atoms with Crippen LogP contribution in [0.2, 0.25) is 5.15 Å². The number of carbonyl (C=O) groups is 1. The minimum atomic E-state index is -0.303. The smallest absolute Gasteiger partial charge is 0.251 e. The second kappa shape index (κ2) is 5.80. The fourth-order valence-corrected chi connectivity index (χ4v) is 1.83. The lowest BCUT2D eigenvalue weighted by molar-refractivity contribution is 0.0940. The summed E-state index contributed by atoms with van der Waals surface area (Å²) in [5.74, 6) is -0.552. The summed E-state index contributed by atoms with van der Waals surface area (Å²) in [6, 6.07) is 8.86. The van der Waals surface area contributed by atoms with E-state index in [0.717, 1.165) is 5.56 Å². The van der Waals surface area contributed by atoms with Gasteiger partial charge >= 0.3 is 0 Å².